The fourth-order valence-electron chi connectivity index (χ4n) is 3.09. The summed E-state index contributed by atoms with van der Waals surface area (Å²) in [5.41, 5.74) is 2.95. The number of carbonyl (C=O) groups is 2. The van der Waals surface area contributed by atoms with Crippen LogP contribution in [0.4, 0.5) is 4.79 Å². The van der Waals surface area contributed by atoms with Crippen molar-refractivity contribution in [2.24, 2.45) is 0 Å². The summed E-state index contributed by atoms with van der Waals surface area (Å²) in [6.07, 6.45) is 2.54. The predicted molar refractivity (Wildman–Crippen MR) is 124 cm³/mol. The second kappa shape index (κ2) is 10.0. The first-order valence-electron chi connectivity index (χ1n) is 10.4. The molecule has 0 saturated carbocycles. The Labute approximate surface area is 191 Å². The molecular formula is C24H27BrN2O4. The van der Waals surface area contributed by atoms with E-state index in [0.717, 1.165) is 22.0 Å². The van der Waals surface area contributed by atoms with Gasteiger partial charge in [-0.3, -0.25) is 9.69 Å². The molecule has 1 aliphatic heterocycles. The van der Waals surface area contributed by atoms with Gasteiger partial charge in [-0.25, -0.2) is 4.79 Å². The minimum Gasteiger partial charge on any atom is -0.490 e. The van der Waals surface area contributed by atoms with Crippen molar-refractivity contribution in [3.63, 3.8) is 0 Å². The lowest BCUT2D eigenvalue weighted by molar-refractivity contribution is -0.123. The minimum absolute atomic E-state index is 0.0331. The van der Waals surface area contributed by atoms with Crippen LogP contribution in [0.15, 0.2) is 46.6 Å². The molecule has 0 aliphatic carbocycles. The van der Waals surface area contributed by atoms with Crippen LogP contribution in [-0.2, 0) is 11.3 Å². The van der Waals surface area contributed by atoms with Gasteiger partial charge >= 0.3 is 6.03 Å². The van der Waals surface area contributed by atoms with E-state index >= 15 is 0 Å². The number of aryl methyl sites for hydroxylation is 1. The molecule has 2 aromatic carbocycles. The summed E-state index contributed by atoms with van der Waals surface area (Å²) in [5.74, 6) is 0.845. The van der Waals surface area contributed by atoms with Gasteiger partial charge in [0.25, 0.3) is 5.91 Å². The summed E-state index contributed by atoms with van der Waals surface area (Å²) in [4.78, 5) is 26.4. The molecule has 3 rings (SSSR count). The van der Waals surface area contributed by atoms with Crippen molar-refractivity contribution in [2.45, 2.75) is 46.8 Å². The maximum absolute atomic E-state index is 12.8. The van der Waals surface area contributed by atoms with E-state index in [4.69, 9.17) is 9.47 Å². The number of imide groups is 1. The number of amides is 3. The van der Waals surface area contributed by atoms with Crippen LogP contribution in [0.5, 0.6) is 11.5 Å². The summed E-state index contributed by atoms with van der Waals surface area (Å²) in [7, 11) is 0. The number of hydrogen-bond acceptors (Lipinski definition) is 4. The lowest BCUT2D eigenvalue weighted by Gasteiger charge is -2.18. The van der Waals surface area contributed by atoms with Gasteiger partial charge in [0, 0.05) is 0 Å². The van der Waals surface area contributed by atoms with Crippen molar-refractivity contribution >= 4 is 33.9 Å². The fraction of sp³-hybridized carbons (Fsp3) is 0.333. The summed E-state index contributed by atoms with van der Waals surface area (Å²) < 4.78 is 12.5. The Morgan fingerprint density at radius 1 is 1.16 bits per heavy atom. The molecule has 1 fully saturated rings. The fourth-order valence-corrected chi connectivity index (χ4v) is 3.64. The van der Waals surface area contributed by atoms with Crippen LogP contribution in [0.3, 0.4) is 0 Å². The lowest BCUT2D eigenvalue weighted by Crippen LogP contribution is -2.30. The van der Waals surface area contributed by atoms with E-state index in [-0.39, 0.29) is 24.3 Å². The number of hydrogen-bond donors (Lipinski definition) is 1. The van der Waals surface area contributed by atoms with E-state index in [2.05, 4.69) is 28.2 Å². The van der Waals surface area contributed by atoms with E-state index < -0.39 is 6.03 Å². The van der Waals surface area contributed by atoms with Crippen molar-refractivity contribution in [2.75, 3.05) is 6.61 Å². The van der Waals surface area contributed by atoms with Crippen molar-refractivity contribution in [1.29, 1.82) is 0 Å². The summed E-state index contributed by atoms with van der Waals surface area (Å²) >= 11 is 3.55. The molecule has 0 unspecified atom stereocenters. The van der Waals surface area contributed by atoms with Crippen LogP contribution >= 0.6 is 15.9 Å². The summed E-state index contributed by atoms with van der Waals surface area (Å²) in [6, 6.07) is 11.0. The van der Waals surface area contributed by atoms with Crippen LogP contribution < -0.4 is 14.8 Å². The maximum Gasteiger partial charge on any atom is 0.329 e. The highest BCUT2D eigenvalue weighted by molar-refractivity contribution is 9.10. The molecule has 3 amide bonds. The zero-order valence-electron chi connectivity index (χ0n) is 18.2. The van der Waals surface area contributed by atoms with E-state index in [1.54, 1.807) is 12.1 Å². The van der Waals surface area contributed by atoms with Gasteiger partial charge in [0.05, 0.1) is 23.7 Å². The molecule has 31 heavy (non-hydrogen) atoms. The molecule has 1 aliphatic rings. The van der Waals surface area contributed by atoms with Crippen molar-refractivity contribution in [1.82, 2.24) is 10.2 Å². The van der Waals surface area contributed by atoms with Gasteiger partial charge in [0.2, 0.25) is 0 Å². The molecule has 0 bridgehead atoms. The maximum atomic E-state index is 12.8. The first-order valence-corrected chi connectivity index (χ1v) is 11.1. The van der Waals surface area contributed by atoms with E-state index in [1.165, 1.54) is 4.90 Å². The van der Waals surface area contributed by atoms with Gasteiger partial charge < -0.3 is 14.8 Å². The van der Waals surface area contributed by atoms with Crippen LogP contribution in [-0.4, -0.2) is 29.5 Å². The van der Waals surface area contributed by atoms with Crippen molar-refractivity contribution in [3.8, 4) is 11.5 Å². The third-order valence-electron chi connectivity index (χ3n) is 4.96. The van der Waals surface area contributed by atoms with Gasteiger partial charge in [0.15, 0.2) is 11.5 Å². The number of ether oxygens (including phenoxy) is 2. The number of urea groups is 1. The number of rotatable bonds is 8. The van der Waals surface area contributed by atoms with Crippen LogP contribution in [0, 0.1) is 6.92 Å². The molecule has 1 saturated heterocycles. The molecule has 0 aromatic heterocycles. The lowest BCUT2D eigenvalue weighted by atomic mass is 10.1. The molecule has 0 spiro atoms. The normalized spacial score (nSPS) is 15.9. The van der Waals surface area contributed by atoms with Crippen LogP contribution in [0.2, 0.25) is 0 Å². The molecule has 1 N–H and O–H groups in total. The molecule has 1 atom stereocenters. The quantitative estimate of drug-likeness (QED) is 0.399. The van der Waals surface area contributed by atoms with Crippen molar-refractivity contribution in [3.05, 3.63) is 63.3 Å². The summed E-state index contributed by atoms with van der Waals surface area (Å²) in [6.45, 7) is 8.63. The number of halogens is 1. The number of nitrogens with zero attached hydrogens (tertiary/aromatic N) is 1. The topological polar surface area (TPSA) is 67.9 Å². The monoisotopic (exact) mass is 486 g/mol. The average Bonchev–Trinajstić information content (AvgIpc) is 2.99. The molecule has 2 aromatic rings. The Morgan fingerprint density at radius 2 is 1.87 bits per heavy atom. The summed E-state index contributed by atoms with van der Waals surface area (Å²) in [5, 5.41) is 2.67. The molecule has 0 radical (unpaired) electrons. The zero-order valence-corrected chi connectivity index (χ0v) is 19.8. The molecule has 6 nitrogen and oxygen atoms in total. The number of benzene rings is 2. The van der Waals surface area contributed by atoms with Gasteiger partial charge in [-0.1, -0.05) is 36.8 Å². The number of carbonyl (C=O) groups excluding carboxylic acids is 2. The smallest absolute Gasteiger partial charge is 0.329 e. The first kappa shape index (κ1) is 22.9. The third-order valence-corrected chi connectivity index (χ3v) is 5.55. The minimum atomic E-state index is -0.433. The SMILES string of the molecule is CCOc1cc(/C=C2/NC(=O)N(Cc3ccc(C)cc3)C2=O)cc(Br)c1O[C@H](C)CC. The standard InChI is InChI=1S/C24H27BrN2O4/c1-5-16(4)31-22-19(25)11-18(13-21(22)30-6-2)12-20-23(28)27(24(29)26-20)14-17-9-7-15(3)8-10-17/h7-13,16H,5-6,14H2,1-4H3,(H,26,29)/b20-12+/t16-/m1/s1. The van der Waals surface area contributed by atoms with Crippen LogP contribution in [0.1, 0.15) is 43.9 Å². The molecule has 164 valence electrons. The Morgan fingerprint density at radius 3 is 2.52 bits per heavy atom. The largest absolute Gasteiger partial charge is 0.490 e. The predicted octanol–water partition coefficient (Wildman–Crippen LogP) is 5.43. The first-order chi connectivity index (χ1) is 14.8. The Kier molecular flexibility index (Phi) is 7.38. The van der Waals surface area contributed by atoms with Gasteiger partial charge in [-0.2, -0.15) is 0 Å². The highest BCUT2D eigenvalue weighted by atomic mass is 79.9. The Hall–Kier alpha value is -2.80. The van der Waals surface area contributed by atoms with E-state index in [1.807, 2.05) is 51.1 Å². The average molecular weight is 487 g/mol. The van der Waals surface area contributed by atoms with Gasteiger partial charge in [-0.05, 0) is 72.5 Å². The number of nitrogens with one attached hydrogen (secondary N) is 1. The van der Waals surface area contributed by atoms with E-state index in [0.29, 0.717) is 23.7 Å². The zero-order chi connectivity index (χ0) is 22.5. The highest BCUT2D eigenvalue weighted by Gasteiger charge is 2.33. The highest BCUT2D eigenvalue weighted by Crippen LogP contribution is 2.38. The Bertz CT molecular complexity index is 1000. The van der Waals surface area contributed by atoms with E-state index in [9.17, 15) is 9.59 Å². The Balaban J connectivity index is 1.86. The molecule has 1 heterocycles. The second-order valence-electron chi connectivity index (χ2n) is 7.46. The second-order valence-corrected chi connectivity index (χ2v) is 8.32. The molecule has 7 heteroatoms. The van der Waals surface area contributed by atoms with Gasteiger partial charge in [0.1, 0.15) is 5.70 Å². The van der Waals surface area contributed by atoms with Crippen LogP contribution in [0.25, 0.3) is 6.08 Å². The molecular weight excluding hydrogens is 460 g/mol. The third kappa shape index (κ3) is 5.47. The van der Waals surface area contributed by atoms with Crippen molar-refractivity contribution < 1.29 is 19.1 Å². The van der Waals surface area contributed by atoms with Gasteiger partial charge in [-0.15, -0.1) is 0 Å².